The molecule has 1 N–H and O–H groups in total. The number of amidine groups is 1. The van der Waals surface area contributed by atoms with E-state index in [-0.39, 0.29) is 36.2 Å². The molecule has 4 aliphatic rings. The minimum Gasteiger partial charge on any atom is -0.493 e. The van der Waals surface area contributed by atoms with Gasteiger partial charge < -0.3 is 14.5 Å². The van der Waals surface area contributed by atoms with Crippen molar-refractivity contribution in [2.45, 2.75) is 77.0 Å². The molecule has 62 heavy (non-hydrogen) atoms. The van der Waals surface area contributed by atoms with E-state index in [1.165, 1.54) is 0 Å². The number of halogens is 2. The summed E-state index contributed by atoms with van der Waals surface area (Å²) in [5.41, 5.74) is 5.68. The SMILES string of the molecule is CCOc1cc(C(C)(C)C)ccc1C1=N[C@@H](c2ccc(Cl)cc2)[C@@H](c2ccc(Cl)cc2)N1C(=O)N1CCN(CCC#Cc2cccc3c2CN(C2CCC(=O)NC2=O)C3=O)CC1. The van der Waals surface area contributed by atoms with Crippen LogP contribution in [0.5, 0.6) is 5.75 Å². The Kier molecular flexibility index (Phi) is 12.5. The Balaban J connectivity index is 1.01. The highest BCUT2D eigenvalue weighted by molar-refractivity contribution is 6.30. The van der Waals surface area contributed by atoms with E-state index in [0.717, 1.165) is 33.4 Å². The van der Waals surface area contributed by atoms with Crippen LogP contribution in [-0.2, 0) is 21.5 Å². The molecule has 4 aromatic carbocycles. The lowest BCUT2D eigenvalue weighted by atomic mass is 9.86. The predicted octanol–water partition coefficient (Wildman–Crippen LogP) is 8.17. The second-order valence-corrected chi connectivity index (χ2v) is 18.0. The van der Waals surface area contributed by atoms with Crippen molar-refractivity contribution < 1.29 is 23.9 Å². The second-order valence-electron chi connectivity index (χ2n) is 17.1. The van der Waals surface area contributed by atoms with E-state index in [1.807, 2.05) is 83.5 Å². The number of aliphatic imine (C=N–C) groups is 1. The highest BCUT2D eigenvalue weighted by Crippen LogP contribution is 2.46. The summed E-state index contributed by atoms with van der Waals surface area (Å²) < 4.78 is 6.30. The fraction of sp³-hybridized carbons (Fsp3) is 0.367. The van der Waals surface area contributed by atoms with Gasteiger partial charge >= 0.3 is 6.03 Å². The number of fused-ring (bicyclic) bond motifs is 1. The number of hydrogen-bond acceptors (Lipinski definition) is 7. The van der Waals surface area contributed by atoms with Gasteiger partial charge in [-0.1, -0.05) is 92.2 Å². The molecule has 0 radical (unpaired) electrons. The number of amides is 5. The number of piperazine rings is 1. The van der Waals surface area contributed by atoms with Crippen molar-refractivity contribution in [1.29, 1.82) is 0 Å². The van der Waals surface area contributed by atoms with Gasteiger partial charge in [0.2, 0.25) is 11.8 Å². The molecule has 2 fully saturated rings. The normalized spacial score (nSPS) is 20.4. The maximum atomic E-state index is 15.1. The topological polar surface area (TPSA) is 115 Å². The van der Waals surface area contributed by atoms with Crippen molar-refractivity contribution in [2.75, 3.05) is 39.3 Å². The Hall–Kier alpha value is -5.67. The van der Waals surface area contributed by atoms with Gasteiger partial charge in [0.1, 0.15) is 23.7 Å². The van der Waals surface area contributed by atoms with Crippen molar-refractivity contribution in [3.63, 3.8) is 0 Å². The van der Waals surface area contributed by atoms with Crippen LogP contribution in [0.15, 0.2) is 89.9 Å². The molecule has 5 amide bonds. The van der Waals surface area contributed by atoms with E-state index in [4.69, 9.17) is 32.9 Å². The Bertz CT molecular complexity index is 2480. The number of hydrogen-bond donors (Lipinski definition) is 1. The first-order valence-corrected chi connectivity index (χ1v) is 22.0. The number of benzene rings is 4. The average Bonchev–Trinajstić information content (AvgIpc) is 3.81. The number of piperidine rings is 1. The van der Waals surface area contributed by atoms with Crippen LogP contribution in [0.25, 0.3) is 0 Å². The number of imide groups is 1. The Labute approximate surface area is 373 Å². The highest BCUT2D eigenvalue weighted by Gasteiger charge is 2.45. The monoisotopic (exact) mass is 872 g/mol. The van der Waals surface area contributed by atoms with Crippen LogP contribution < -0.4 is 10.1 Å². The number of nitrogens with zero attached hydrogens (tertiary/aromatic N) is 5. The van der Waals surface area contributed by atoms with Crippen LogP contribution in [0.1, 0.15) is 103 Å². The molecule has 320 valence electrons. The fourth-order valence-corrected chi connectivity index (χ4v) is 8.94. The van der Waals surface area contributed by atoms with Crippen LogP contribution in [-0.4, -0.2) is 94.6 Å². The number of carbonyl (C=O) groups excluding carboxylic acids is 4. The first kappa shape index (κ1) is 43.0. The molecule has 3 atom stereocenters. The summed E-state index contributed by atoms with van der Waals surface area (Å²) in [6.45, 7) is 12.3. The molecule has 8 rings (SSSR count). The van der Waals surface area contributed by atoms with Crippen molar-refractivity contribution >= 4 is 52.8 Å². The summed E-state index contributed by atoms with van der Waals surface area (Å²) in [5, 5.41) is 3.58. The van der Waals surface area contributed by atoms with Crippen LogP contribution in [0.3, 0.4) is 0 Å². The Morgan fingerprint density at radius 2 is 1.58 bits per heavy atom. The fourth-order valence-electron chi connectivity index (χ4n) is 8.69. The summed E-state index contributed by atoms with van der Waals surface area (Å²) in [6, 6.07) is 25.2. The van der Waals surface area contributed by atoms with Gasteiger partial charge in [-0.25, -0.2) is 4.79 Å². The summed E-state index contributed by atoms with van der Waals surface area (Å²) >= 11 is 12.8. The van der Waals surface area contributed by atoms with Crippen LogP contribution in [0, 0.1) is 11.8 Å². The Morgan fingerprint density at radius 1 is 0.887 bits per heavy atom. The largest absolute Gasteiger partial charge is 0.493 e. The van der Waals surface area contributed by atoms with E-state index >= 15 is 4.79 Å². The van der Waals surface area contributed by atoms with Crippen molar-refractivity contribution in [3.8, 4) is 17.6 Å². The van der Waals surface area contributed by atoms with E-state index < -0.39 is 24.0 Å². The standard InChI is InChI=1S/C49H50Cl2N6O5/c1-5-62-41-29-34(49(2,3)4)16-21-38(41)45-53-43(32-12-17-35(50)18-13-32)44(33-14-19-36(51)20-15-33)57(45)48(61)55-27-25-54(26-28-55)24-7-6-9-31-10-8-11-37-39(31)30-56(47(37)60)40-22-23-42(58)52-46(40)59/h8,10-21,29,40,43-44H,5,7,22-28,30H2,1-4H3,(H,52,58,59)/t40?,43-,44+/m0/s1. The average molecular weight is 874 g/mol. The third-order valence-electron chi connectivity index (χ3n) is 12.1. The molecule has 2 saturated heterocycles. The van der Waals surface area contributed by atoms with Crippen molar-refractivity contribution in [3.05, 3.63) is 134 Å². The highest BCUT2D eigenvalue weighted by atomic mass is 35.5. The number of carbonyl (C=O) groups is 4. The van der Waals surface area contributed by atoms with Gasteiger partial charge in [0.05, 0.1) is 18.2 Å². The predicted molar refractivity (Wildman–Crippen MR) is 240 cm³/mol. The van der Waals surface area contributed by atoms with Crippen LogP contribution in [0.4, 0.5) is 4.79 Å². The maximum Gasteiger partial charge on any atom is 0.326 e. The van der Waals surface area contributed by atoms with Gasteiger partial charge in [-0.15, -0.1) is 0 Å². The van der Waals surface area contributed by atoms with E-state index in [2.05, 4.69) is 55.0 Å². The number of ether oxygens (including phenoxy) is 1. The van der Waals surface area contributed by atoms with Gasteiger partial charge in [-0.05, 0) is 89.5 Å². The van der Waals surface area contributed by atoms with Gasteiger partial charge in [-0.2, -0.15) is 0 Å². The number of urea groups is 1. The Morgan fingerprint density at radius 3 is 2.24 bits per heavy atom. The van der Waals surface area contributed by atoms with Crippen molar-refractivity contribution in [2.24, 2.45) is 4.99 Å². The van der Waals surface area contributed by atoms with E-state index in [9.17, 15) is 14.4 Å². The van der Waals surface area contributed by atoms with Gasteiger partial charge in [-0.3, -0.25) is 34.5 Å². The zero-order chi connectivity index (χ0) is 43.7. The first-order valence-electron chi connectivity index (χ1n) is 21.2. The molecule has 11 nitrogen and oxygen atoms in total. The first-order chi connectivity index (χ1) is 29.8. The third kappa shape index (κ3) is 8.82. The molecular weight excluding hydrogens is 823 g/mol. The van der Waals surface area contributed by atoms with E-state index in [1.54, 1.807) is 11.0 Å². The molecule has 4 aromatic rings. The van der Waals surface area contributed by atoms with Crippen LogP contribution in [0.2, 0.25) is 10.0 Å². The second kappa shape index (κ2) is 18.0. The van der Waals surface area contributed by atoms with Gasteiger partial charge in [0.25, 0.3) is 5.91 Å². The number of rotatable bonds is 8. The smallest absolute Gasteiger partial charge is 0.326 e. The molecule has 0 bridgehead atoms. The summed E-state index contributed by atoms with van der Waals surface area (Å²) in [7, 11) is 0. The molecule has 1 unspecified atom stereocenters. The van der Waals surface area contributed by atoms with Gasteiger partial charge in [0.15, 0.2) is 0 Å². The molecule has 0 spiro atoms. The van der Waals surface area contributed by atoms with Crippen LogP contribution >= 0.6 is 23.2 Å². The molecule has 0 aliphatic carbocycles. The molecular formula is C49H50Cl2N6O5. The van der Waals surface area contributed by atoms with Crippen molar-refractivity contribution in [1.82, 2.24) is 24.9 Å². The number of nitrogens with one attached hydrogen (secondary N) is 1. The molecule has 0 aromatic heterocycles. The molecule has 13 heteroatoms. The maximum absolute atomic E-state index is 15.1. The molecule has 4 heterocycles. The minimum atomic E-state index is -0.677. The van der Waals surface area contributed by atoms with E-state index in [0.29, 0.717) is 79.4 Å². The third-order valence-corrected chi connectivity index (χ3v) is 12.6. The summed E-state index contributed by atoms with van der Waals surface area (Å²) in [4.78, 5) is 65.7. The lowest BCUT2D eigenvalue weighted by Crippen LogP contribution is -2.54. The minimum absolute atomic E-state index is 0.121. The lowest BCUT2D eigenvalue weighted by Gasteiger charge is -2.39. The molecule has 4 aliphatic heterocycles. The zero-order valence-corrected chi connectivity index (χ0v) is 36.9. The molecule has 0 saturated carbocycles. The van der Waals surface area contributed by atoms with Gasteiger partial charge in [0, 0.05) is 73.3 Å². The summed E-state index contributed by atoms with van der Waals surface area (Å²) in [5.74, 6) is 6.84. The lowest BCUT2D eigenvalue weighted by molar-refractivity contribution is -0.136. The quantitative estimate of drug-likeness (QED) is 0.141. The summed E-state index contributed by atoms with van der Waals surface area (Å²) in [6.07, 6.45) is 1.11. The zero-order valence-electron chi connectivity index (χ0n) is 35.4.